The predicted octanol–water partition coefficient (Wildman–Crippen LogP) is 4.25. The Morgan fingerprint density at radius 3 is 2.97 bits per heavy atom. The summed E-state index contributed by atoms with van der Waals surface area (Å²) in [6.07, 6.45) is 9.91. The van der Waals surface area contributed by atoms with Crippen LogP contribution in [0.1, 0.15) is 46.9 Å². The largest absolute Gasteiger partial charge is 0.381 e. The zero-order valence-electron chi connectivity index (χ0n) is 17.5. The number of anilines is 1. The van der Waals surface area contributed by atoms with Gasteiger partial charge in [-0.15, -0.1) is 0 Å². The van der Waals surface area contributed by atoms with E-state index in [0.717, 1.165) is 51.7 Å². The van der Waals surface area contributed by atoms with E-state index in [1.54, 1.807) is 18.3 Å². The molecule has 7 heteroatoms. The maximum atomic E-state index is 14.3. The molecule has 3 unspecified atom stereocenters. The van der Waals surface area contributed by atoms with Crippen LogP contribution in [0.25, 0.3) is 0 Å². The lowest BCUT2D eigenvalue weighted by Crippen LogP contribution is -2.40. The summed E-state index contributed by atoms with van der Waals surface area (Å²) in [4.78, 5) is 17.7. The molecule has 166 valence electrons. The van der Waals surface area contributed by atoms with Gasteiger partial charge < -0.3 is 15.4 Å². The first-order valence-corrected chi connectivity index (χ1v) is 11.2. The summed E-state index contributed by atoms with van der Waals surface area (Å²) in [5, 5.41) is 15.2. The SMILES string of the molecule is N#Cc1ccc(NC2=CC3(C4CC4)CC3(C(=O)NCC3CCCOCC3)C=N2)c(F)c1.[HH].[HH]. The van der Waals surface area contributed by atoms with Gasteiger partial charge in [0.2, 0.25) is 5.91 Å². The molecule has 0 bridgehead atoms. The molecule has 1 amide bonds. The topological polar surface area (TPSA) is 86.5 Å². The molecule has 1 saturated heterocycles. The van der Waals surface area contributed by atoms with Crippen LogP contribution in [0.5, 0.6) is 0 Å². The van der Waals surface area contributed by atoms with Crippen molar-refractivity contribution in [3.63, 3.8) is 0 Å². The average Bonchev–Trinajstić information content (AvgIpc) is 3.66. The van der Waals surface area contributed by atoms with Crippen molar-refractivity contribution in [2.75, 3.05) is 25.1 Å². The van der Waals surface area contributed by atoms with Crippen LogP contribution in [0.4, 0.5) is 10.1 Å². The Kier molecular flexibility index (Phi) is 5.05. The summed E-state index contributed by atoms with van der Waals surface area (Å²) in [7, 11) is 0. The summed E-state index contributed by atoms with van der Waals surface area (Å²) in [5.74, 6) is 1.07. The summed E-state index contributed by atoms with van der Waals surface area (Å²) < 4.78 is 19.8. The average molecular weight is 427 g/mol. The van der Waals surface area contributed by atoms with Crippen LogP contribution < -0.4 is 10.6 Å². The fraction of sp³-hybridized carbons (Fsp3) is 0.542. The van der Waals surface area contributed by atoms with Gasteiger partial charge in [-0.2, -0.15) is 5.26 Å². The van der Waals surface area contributed by atoms with Crippen LogP contribution in [0.3, 0.4) is 0 Å². The van der Waals surface area contributed by atoms with E-state index in [0.29, 0.717) is 24.2 Å². The van der Waals surface area contributed by atoms with Gasteiger partial charge in [0.1, 0.15) is 11.6 Å². The first kappa shape index (κ1) is 20.2. The summed E-state index contributed by atoms with van der Waals surface area (Å²) >= 11 is 0. The van der Waals surface area contributed by atoms with Gasteiger partial charge in [-0.05, 0) is 74.6 Å². The number of hydrogen-bond donors (Lipinski definition) is 2. The van der Waals surface area contributed by atoms with E-state index in [-0.39, 0.29) is 25.4 Å². The van der Waals surface area contributed by atoms with E-state index in [4.69, 9.17) is 10.00 Å². The van der Waals surface area contributed by atoms with Crippen molar-refractivity contribution < 1.29 is 16.8 Å². The summed E-state index contributed by atoms with van der Waals surface area (Å²) in [5.41, 5.74) is -0.251. The van der Waals surface area contributed by atoms with Crippen LogP contribution in [-0.2, 0) is 9.53 Å². The number of allylic oxidation sites excluding steroid dienone is 1. The minimum atomic E-state index is -0.580. The number of nitrogens with zero attached hydrogens (tertiary/aromatic N) is 2. The molecular weight excluding hydrogens is 395 g/mol. The highest BCUT2D eigenvalue weighted by molar-refractivity contribution is 6.05. The van der Waals surface area contributed by atoms with Gasteiger partial charge in [0, 0.05) is 34.2 Å². The molecule has 1 aromatic carbocycles. The number of nitrogens with one attached hydrogen (secondary N) is 2. The third-order valence-corrected chi connectivity index (χ3v) is 7.29. The van der Waals surface area contributed by atoms with E-state index in [1.807, 2.05) is 12.1 Å². The molecule has 0 aromatic heterocycles. The van der Waals surface area contributed by atoms with Crippen molar-refractivity contribution in [3.8, 4) is 6.07 Å². The standard InChI is InChI=1S/C24H27FN4O2.2H2/c25-19-10-17(12-26)3-6-20(19)29-21-11-23(18-4-5-18)14-24(23,15-28-21)22(30)27-13-16-2-1-8-31-9-7-16;;/h3,6,10-11,15-16,18,29H,1-2,4-5,7-9,13-14H2,(H,27,30);2*1H. The zero-order chi connectivity index (χ0) is 21.5. The molecular formula is C24H31FN4O2. The number of hydrogen-bond acceptors (Lipinski definition) is 5. The van der Waals surface area contributed by atoms with E-state index in [9.17, 15) is 9.18 Å². The minimum absolute atomic E-state index is 0. The highest BCUT2D eigenvalue weighted by Gasteiger charge is 2.75. The lowest BCUT2D eigenvalue weighted by molar-refractivity contribution is -0.125. The molecule has 2 N–H and O–H groups in total. The molecule has 2 saturated carbocycles. The molecule has 6 nitrogen and oxygen atoms in total. The van der Waals surface area contributed by atoms with E-state index in [2.05, 4.69) is 15.6 Å². The number of carbonyl (C=O) groups is 1. The monoisotopic (exact) mass is 426 g/mol. The molecule has 2 aliphatic heterocycles. The smallest absolute Gasteiger partial charge is 0.232 e. The lowest BCUT2D eigenvalue weighted by Gasteiger charge is -2.25. The maximum absolute atomic E-state index is 14.3. The van der Waals surface area contributed by atoms with E-state index >= 15 is 0 Å². The highest BCUT2D eigenvalue weighted by Crippen LogP contribution is 2.74. The quantitative estimate of drug-likeness (QED) is 0.712. The molecule has 1 aromatic rings. The molecule has 3 fully saturated rings. The second-order valence-electron chi connectivity index (χ2n) is 9.30. The molecule has 31 heavy (non-hydrogen) atoms. The van der Waals surface area contributed by atoms with Gasteiger partial charge in [0.05, 0.1) is 22.7 Å². The van der Waals surface area contributed by atoms with Crippen molar-refractivity contribution >= 4 is 17.8 Å². The van der Waals surface area contributed by atoms with Crippen molar-refractivity contribution in [2.45, 2.75) is 38.5 Å². The third-order valence-electron chi connectivity index (χ3n) is 7.29. The van der Waals surface area contributed by atoms with Gasteiger partial charge >= 0.3 is 0 Å². The summed E-state index contributed by atoms with van der Waals surface area (Å²) in [6.45, 7) is 2.26. The van der Waals surface area contributed by atoms with Gasteiger partial charge in [0.25, 0.3) is 0 Å². The first-order valence-electron chi connectivity index (χ1n) is 11.2. The molecule has 4 aliphatic rings. The van der Waals surface area contributed by atoms with Crippen molar-refractivity contribution in [3.05, 3.63) is 41.5 Å². The van der Waals surface area contributed by atoms with E-state index in [1.165, 1.54) is 6.07 Å². The Morgan fingerprint density at radius 1 is 1.32 bits per heavy atom. The Morgan fingerprint density at radius 2 is 2.19 bits per heavy atom. The normalized spacial score (nSPS) is 31.6. The number of halogens is 1. The van der Waals surface area contributed by atoms with Gasteiger partial charge in [-0.1, -0.05) is 0 Å². The second-order valence-corrected chi connectivity index (χ2v) is 9.30. The number of amides is 1. The fourth-order valence-corrected chi connectivity index (χ4v) is 5.26. The zero-order valence-corrected chi connectivity index (χ0v) is 17.5. The van der Waals surface area contributed by atoms with Crippen LogP contribution in [0.2, 0.25) is 0 Å². The van der Waals surface area contributed by atoms with Crippen LogP contribution >= 0.6 is 0 Å². The molecule has 2 heterocycles. The number of fused-ring (bicyclic) bond motifs is 1. The number of rotatable bonds is 6. The van der Waals surface area contributed by atoms with Gasteiger partial charge in [0.15, 0.2) is 0 Å². The number of benzene rings is 1. The number of ether oxygens (including phenoxy) is 1. The number of carbonyl (C=O) groups excluding carboxylic acids is 1. The molecule has 5 rings (SSSR count). The molecule has 0 radical (unpaired) electrons. The molecule has 3 atom stereocenters. The Hall–Kier alpha value is -2.72. The number of aliphatic imine (C=N–C) groups is 1. The summed E-state index contributed by atoms with van der Waals surface area (Å²) in [6, 6.07) is 6.26. The predicted molar refractivity (Wildman–Crippen MR) is 119 cm³/mol. The van der Waals surface area contributed by atoms with Crippen molar-refractivity contribution in [2.24, 2.45) is 27.7 Å². The Labute approximate surface area is 184 Å². The maximum Gasteiger partial charge on any atom is 0.232 e. The number of nitriles is 1. The third kappa shape index (κ3) is 3.63. The second kappa shape index (κ2) is 7.76. The van der Waals surface area contributed by atoms with Gasteiger partial charge in [-0.3, -0.25) is 4.79 Å². The van der Waals surface area contributed by atoms with Crippen molar-refractivity contribution in [1.29, 1.82) is 5.26 Å². The first-order chi connectivity index (χ1) is 15.1. The Balaban J connectivity index is 0.00000153. The molecule has 2 aliphatic carbocycles. The Bertz CT molecular complexity index is 999. The highest BCUT2D eigenvalue weighted by atomic mass is 19.1. The fourth-order valence-electron chi connectivity index (χ4n) is 5.26. The van der Waals surface area contributed by atoms with Gasteiger partial charge in [-0.25, -0.2) is 9.38 Å². The minimum Gasteiger partial charge on any atom is -0.381 e. The lowest BCUT2D eigenvalue weighted by atomic mass is 9.86. The van der Waals surface area contributed by atoms with Crippen LogP contribution in [0.15, 0.2) is 35.1 Å². The van der Waals surface area contributed by atoms with Crippen LogP contribution in [0, 0.1) is 39.8 Å². The van der Waals surface area contributed by atoms with Crippen molar-refractivity contribution in [1.82, 2.24) is 5.32 Å². The molecule has 0 spiro atoms. The van der Waals surface area contributed by atoms with E-state index < -0.39 is 11.2 Å². The van der Waals surface area contributed by atoms with Crippen LogP contribution in [-0.4, -0.2) is 31.9 Å².